The lowest BCUT2D eigenvalue weighted by Gasteiger charge is -2.06. The van der Waals surface area contributed by atoms with Crippen molar-refractivity contribution in [2.75, 3.05) is 0 Å². The van der Waals surface area contributed by atoms with Crippen LogP contribution in [0.15, 0.2) is 42.0 Å². The highest BCUT2D eigenvalue weighted by atomic mass is 32.1. The molecule has 0 N–H and O–H groups in total. The first-order chi connectivity index (χ1) is 9.24. The van der Waals surface area contributed by atoms with Crippen molar-refractivity contribution >= 4 is 28.0 Å². The Hall–Kier alpha value is -2.07. The van der Waals surface area contributed by atoms with Gasteiger partial charge in [-0.15, -0.1) is 11.3 Å². The molecule has 2 aromatic heterocycles. The van der Waals surface area contributed by atoms with E-state index in [4.69, 9.17) is 0 Å². The van der Waals surface area contributed by atoms with Crippen molar-refractivity contribution in [2.45, 2.75) is 13.3 Å². The normalized spacial score (nSPS) is 10.8. The van der Waals surface area contributed by atoms with Gasteiger partial charge < -0.3 is 0 Å². The zero-order valence-corrected chi connectivity index (χ0v) is 11.3. The van der Waals surface area contributed by atoms with Crippen LogP contribution >= 0.6 is 11.3 Å². The van der Waals surface area contributed by atoms with Crippen LogP contribution < -0.4 is 0 Å². The number of para-hydroxylation sites is 1. The number of pyridine rings is 1. The van der Waals surface area contributed by atoms with Gasteiger partial charge in [0.1, 0.15) is 0 Å². The number of thiazole rings is 1. The van der Waals surface area contributed by atoms with E-state index in [1.807, 2.05) is 37.3 Å². The zero-order chi connectivity index (χ0) is 13.2. The first-order valence-corrected chi connectivity index (χ1v) is 6.89. The van der Waals surface area contributed by atoms with Gasteiger partial charge in [-0.2, -0.15) is 0 Å². The molecular formula is C15H12N2OS. The van der Waals surface area contributed by atoms with Crippen LogP contribution in [0.1, 0.15) is 20.9 Å². The molecule has 19 heavy (non-hydrogen) atoms. The Balaban J connectivity index is 2.06. The van der Waals surface area contributed by atoms with Crippen LogP contribution in [0.5, 0.6) is 0 Å². The lowest BCUT2D eigenvalue weighted by Crippen LogP contribution is -2.04. The number of aromatic nitrogens is 2. The molecule has 3 aromatic rings. The standard InChI is InChI=1S/C15H12N2OS/c1-10-6-13(12-4-2-3-5-14(12)17-10)15(18)7-11-8-16-9-19-11/h2-6,8-9H,7H2,1H3. The molecule has 0 aliphatic carbocycles. The highest BCUT2D eigenvalue weighted by molar-refractivity contribution is 7.09. The van der Waals surface area contributed by atoms with Crippen LogP contribution in [-0.2, 0) is 6.42 Å². The number of Topliss-reactive ketones (excluding diaryl/α,β-unsaturated/α-hetero) is 1. The van der Waals surface area contributed by atoms with Crippen molar-refractivity contribution < 1.29 is 4.79 Å². The lowest BCUT2D eigenvalue weighted by molar-refractivity contribution is 0.0995. The Morgan fingerprint density at radius 3 is 2.95 bits per heavy atom. The van der Waals surface area contributed by atoms with Gasteiger partial charge in [-0.05, 0) is 19.1 Å². The van der Waals surface area contributed by atoms with E-state index in [2.05, 4.69) is 9.97 Å². The predicted molar refractivity (Wildman–Crippen MR) is 76.6 cm³/mol. The van der Waals surface area contributed by atoms with Crippen molar-refractivity contribution in [2.24, 2.45) is 0 Å². The maximum Gasteiger partial charge on any atom is 0.168 e. The van der Waals surface area contributed by atoms with Crippen LogP contribution in [0, 0.1) is 6.92 Å². The van der Waals surface area contributed by atoms with Gasteiger partial charge in [-0.1, -0.05) is 18.2 Å². The fourth-order valence-electron chi connectivity index (χ4n) is 2.12. The molecule has 0 saturated heterocycles. The first-order valence-electron chi connectivity index (χ1n) is 6.01. The Bertz CT molecular complexity index is 735. The van der Waals surface area contributed by atoms with E-state index in [0.717, 1.165) is 27.0 Å². The smallest absolute Gasteiger partial charge is 0.168 e. The number of carbonyl (C=O) groups is 1. The molecule has 0 fully saturated rings. The number of rotatable bonds is 3. The number of fused-ring (bicyclic) bond motifs is 1. The van der Waals surface area contributed by atoms with Gasteiger partial charge in [-0.25, -0.2) is 0 Å². The molecule has 1 aromatic carbocycles. The average Bonchev–Trinajstić information content (AvgIpc) is 2.90. The topological polar surface area (TPSA) is 42.9 Å². The summed E-state index contributed by atoms with van der Waals surface area (Å²) < 4.78 is 0. The van der Waals surface area contributed by atoms with Crippen LogP contribution in [0.2, 0.25) is 0 Å². The zero-order valence-electron chi connectivity index (χ0n) is 10.5. The average molecular weight is 268 g/mol. The van der Waals surface area contributed by atoms with Gasteiger partial charge >= 0.3 is 0 Å². The Morgan fingerprint density at radius 2 is 2.16 bits per heavy atom. The van der Waals surface area contributed by atoms with Crippen molar-refractivity contribution in [1.29, 1.82) is 0 Å². The van der Waals surface area contributed by atoms with Crippen molar-refractivity contribution in [1.82, 2.24) is 9.97 Å². The Labute approximate surface area is 115 Å². The van der Waals surface area contributed by atoms with E-state index in [1.54, 1.807) is 11.7 Å². The fourth-order valence-corrected chi connectivity index (χ4v) is 2.71. The van der Waals surface area contributed by atoms with Gasteiger partial charge in [0.25, 0.3) is 0 Å². The second-order valence-electron chi connectivity index (χ2n) is 4.40. The van der Waals surface area contributed by atoms with Gasteiger partial charge in [-0.3, -0.25) is 14.8 Å². The summed E-state index contributed by atoms with van der Waals surface area (Å²) in [7, 11) is 0. The van der Waals surface area contributed by atoms with Crippen LogP contribution in [0.3, 0.4) is 0 Å². The SMILES string of the molecule is Cc1cc(C(=O)Cc2cncs2)c2ccccc2n1. The minimum absolute atomic E-state index is 0.117. The molecule has 94 valence electrons. The molecule has 4 heteroatoms. The predicted octanol–water partition coefficient (Wildman–Crippen LogP) is 3.43. The second-order valence-corrected chi connectivity index (χ2v) is 5.37. The summed E-state index contributed by atoms with van der Waals surface area (Å²) in [4.78, 5) is 21.9. The molecule has 0 saturated carbocycles. The molecule has 0 amide bonds. The Kier molecular flexibility index (Phi) is 3.09. The Morgan fingerprint density at radius 1 is 1.32 bits per heavy atom. The summed E-state index contributed by atoms with van der Waals surface area (Å²) in [6.07, 6.45) is 2.15. The van der Waals surface area contributed by atoms with E-state index in [9.17, 15) is 4.79 Å². The van der Waals surface area contributed by atoms with Gasteiger partial charge in [0.05, 0.1) is 11.0 Å². The van der Waals surface area contributed by atoms with Crippen molar-refractivity contribution in [3.63, 3.8) is 0 Å². The van der Waals surface area contributed by atoms with Gasteiger partial charge in [0.2, 0.25) is 0 Å². The maximum atomic E-state index is 12.4. The number of carbonyl (C=O) groups excluding carboxylic acids is 1. The fraction of sp³-hybridized carbons (Fsp3) is 0.133. The molecule has 0 spiro atoms. The summed E-state index contributed by atoms with van der Waals surface area (Å²) >= 11 is 1.51. The quantitative estimate of drug-likeness (QED) is 0.683. The van der Waals surface area contributed by atoms with E-state index >= 15 is 0 Å². The van der Waals surface area contributed by atoms with E-state index < -0.39 is 0 Å². The number of hydrogen-bond donors (Lipinski definition) is 0. The van der Waals surface area contributed by atoms with Gasteiger partial charge in [0, 0.05) is 34.1 Å². The number of hydrogen-bond acceptors (Lipinski definition) is 4. The largest absolute Gasteiger partial charge is 0.294 e. The molecule has 3 rings (SSSR count). The molecule has 3 nitrogen and oxygen atoms in total. The summed E-state index contributed by atoms with van der Waals surface area (Å²) in [5.41, 5.74) is 4.23. The van der Waals surface area contributed by atoms with Crippen LogP contribution in [-0.4, -0.2) is 15.8 Å². The van der Waals surface area contributed by atoms with E-state index in [0.29, 0.717) is 6.42 Å². The summed E-state index contributed by atoms with van der Waals surface area (Å²) in [5, 5.41) is 0.919. The van der Waals surface area contributed by atoms with E-state index in [-0.39, 0.29) is 5.78 Å². The highest BCUT2D eigenvalue weighted by Crippen LogP contribution is 2.20. The molecule has 0 atom stereocenters. The molecule has 2 heterocycles. The third kappa shape index (κ3) is 2.39. The van der Waals surface area contributed by atoms with Crippen molar-refractivity contribution in [3.05, 3.63) is 58.2 Å². The monoisotopic (exact) mass is 268 g/mol. The van der Waals surface area contributed by atoms with Gasteiger partial charge in [0.15, 0.2) is 5.78 Å². The van der Waals surface area contributed by atoms with Crippen LogP contribution in [0.25, 0.3) is 10.9 Å². The lowest BCUT2D eigenvalue weighted by atomic mass is 10.0. The highest BCUT2D eigenvalue weighted by Gasteiger charge is 2.13. The minimum Gasteiger partial charge on any atom is -0.294 e. The number of ketones is 1. The molecule has 0 radical (unpaired) electrons. The summed E-state index contributed by atoms with van der Waals surface area (Å²) in [5.74, 6) is 0.117. The molecule has 0 aliphatic rings. The number of nitrogens with zero attached hydrogens (tertiary/aromatic N) is 2. The molecule has 0 bridgehead atoms. The number of benzene rings is 1. The third-order valence-electron chi connectivity index (χ3n) is 2.96. The summed E-state index contributed by atoms with van der Waals surface area (Å²) in [6, 6.07) is 9.62. The molecular weight excluding hydrogens is 256 g/mol. The van der Waals surface area contributed by atoms with E-state index in [1.165, 1.54) is 11.3 Å². The van der Waals surface area contributed by atoms with Crippen molar-refractivity contribution in [3.8, 4) is 0 Å². The third-order valence-corrected chi connectivity index (χ3v) is 3.74. The maximum absolute atomic E-state index is 12.4. The minimum atomic E-state index is 0.117. The first kappa shape index (κ1) is 12.0. The molecule has 0 unspecified atom stereocenters. The summed E-state index contributed by atoms with van der Waals surface area (Å²) in [6.45, 7) is 1.91. The second kappa shape index (κ2) is 4.90. The van der Waals surface area contributed by atoms with Crippen LogP contribution in [0.4, 0.5) is 0 Å². The number of aryl methyl sites for hydroxylation is 1. The molecule has 0 aliphatic heterocycles.